The van der Waals surface area contributed by atoms with E-state index in [9.17, 15) is 13.2 Å². The number of hydrogen-bond acceptors (Lipinski definition) is 4. The zero-order chi connectivity index (χ0) is 16.7. The van der Waals surface area contributed by atoms with Crippen LogP contribution in [0.25, 0.3) is 0 Å². The highest BCUT2D eigenvalue weighted by atomic mass is 32.2. The summed E-state index contributed by atoms with van der Waals surface area (Å²) in [5.41, 5.74) is 1.16. The first kappa shape index (κ1) is 17.7. The van der Waals surface area contributed by atoms with Crippen LogP contribution in [-0.2, 0) is 14.8 Å². The number of benzene rings is 1. The fourth-order valence-corrected chi connectivity index (χ4v) is 4.19. The summed E-state index contributed by atoms with van der Waals surface area (Å²) in [6.07, 6.45) is 0.894. The Morgan fingerprint density at radius 3 is 2.52 bits per heavy atom. The first-order valence-corrected chi connectivity index (χ1v) is 9.74. The normalized spacial score (nSPS) is 12.7. The second kappa shape index (κ2) is 8.24. The van der Waals surface area contributed by atoms with Crippen LogP contribution in [0.1, 0.15) is 24.8 Å². The summed E-state index contributed by atoms with van der Waals surface area (Å²) in [5.74, 6) is -0.117. The van der Waals surface area contributed by atoms with E-state index in [1.165, 1.54) is 6.07 Å². The molecule has 1 unspecified atom stereocenters. The van der Waals surface area contributed by atoms with Crippen molar-refractivity contribution in [3.05, 3.63) is 53.4 Å². The minimum atomic E-state index is -3.60. The van der Waals surface area contributed by atoms with Crippen LogP contribution in [0.2, 0.25) is 0 Å². The lowest BCUT2D eigenvalue weighted by molar-refractivity contribution is -0.120. The van der Waals surface area contributed by atoms with Gasteiger partial charge in [0.15, 0.2) is 0 Å². The molecule has 0 aliphatic heterocycles. The van der Waals surface area contributed by atoms with Crippen LogP contribution in [-0.4, -0.2) is 27.4 Å². The molecule has 0 radical (unpaired) electrons. The summed E-state index contributed by atoms with van der Waals surface area (Å²) in [4.78, 5) is 11.9. The molecule has 1 atom stereocenters. The van der Waals surface area contributed by atoms with Crippen LogP contribution in [0.4, 0.5) is 0 Å². The summed E-state index contributed by atoms with van der Waals surface area (Å²) in [6.45, 7) is 2.29. The molecule has 1 heterocycles. The zero-order valence-corrected chi connectivity index (χ0v) is 14.5. The molecule has 23 heavy (non-hydrogen) atoms. The van der Waals surface area contributed by atoms with Crippen molar-refractivity contribution in [2.24, 2.45) is 0 Å². The molecular formula is C16H20N2O3S2. The summed E-state index contributed by atoms with van der Waals surface area (Å²) < 4.78 is 26.4. The Bertz CT molecular complexity index is 713. The molecule has 0 aliphatic carbocycles. The molecule has 5 nitrogen and oxygen atoms in total. The SMILES string of the molecule is CCC(CNC(=O)CNS(=O)(=O)c1cccs1)c1ccccc1. The van der Waals surface area contributed by atoms with Gasteiger partial charge in [-0.25, -0.2) is 13.1 Å². The zero-order valence-electron chi connectivity index (χ0n) is 12.9. The number of amides is 1. The number of nitrogens with one attached hydrogen (secondary N) is 2. The number of thiophene rings is 1. The van der Waals surface area contributed by atoms with Gasteiger partial charge in [0.25, 0.3) is 10.0 Å². The second-order valence-electron chi connectivity index (χ2n) is 5.08. The number of carbonyl (C=O) groups is 1. The van der Waals surface area contributed by atoms with E-state index >= 15 is 0 Å². The van der Waals surface area contributed by atoms with E-state index in [4.69, 9.17) is 0 Å². The van der Waals surface area contributed by atoms with E-state index in [-0.39, 0.29) is 22.6 Å². The van der Waals surface area contributed by atoms with E-state index in [1.807, 2.05) is 30.3 Å². The Balaban J connectivity index is 1.83. The molecule has 124 valence electrons. The minimum Gasteiger partial charge on any atom is -0.354 e. The van der Waals surface area contributed by atoms with Gasteiger partial charge in [-0.15, -0.1) is 11.3 Å². The number of rotatable bonds is 8. The van der Waals surface area contributed by atoms with Gasteiger partial charge in [-0.1, -0.05) is 43.3 Å². The lowest BCUT2D eigenvalue weighted by atomic mass is 9.96. The lowest BCUT2D eigenvalue weighted by Crippen LogP contribution is -2.38. The maximum Gasteiger partial charge on any atom is 0.250 e. The standard InChI is InChI=1S/C16H20N2O3S2/c1-2-13(14-7-4-3-5-8-14)11-17-15(19)12-18-23(20,21)16-9-6-10-22-16/h3-10,13,18H,2,11-12H2,1H3,(H,17,19). The molecule has 1 aromatic heterocycles. The van der Waals surface area contributed by atoms with Gasteiger partial charge in [0.2, 0.25) is 5.91 Å². The third-order valence-corrected chi connectivity index (χ3v) is 6.29. The van der Waals surface area contributed by atoms with Crippen LogP contribution in [0, 0.1) is 0 Å². The van der Waals surface area contributed by atoms with Crippen molar-refractivity contribution in [3.63, 3.8) is 0 Å². The molecule has 2 N–H and O–H groups in total. The second-order valence-corrected chi connectivity index (χ2v) is 8.02. The highest BCUT2D eigenvalue weighted by molar-refractivity contribution is 7.91. The Morgan fingerprint density at radius 1 is 1.17 bits per heavy atom. The van der Waals surface area contributed by atoms with Crippen molar-refractivity contribution < 1.29 is 13.2 Å². The fraction of sp³-hybridized carbons (Fsp3) is 0.312. The predicted octanol–water partition coefficient (Wildman–Crippen LogP) is 2.34. The molecule has 0 bridgehead atoms. The number of sulfonamides is 1. The molecule has 1 amide bonds. The van der Waals surface area contributed by atoms with Gasteiger partial charge in [-0.2, -0.15) is 0 Å². The van der Waals surface area contributed by atoms with Crippen molar-refractivity contribution in [1.82, 2.24) is 10.0 Å². The molecule has 7 heteroatoms. The Hall–Kier alpha value is -1.70. The van der Waals surface area contributed by atoms with Crippen molar-refractivity contribution in [2.75, 3.05) is 13.1 Å². The van der Waals surface area contributed by atoms with Crippen molar-refractivity contribution >= 4 is 27.3 Å². The van der Waals surface area contributed by atoms with Crippen LogP contribution >= 0.6 is 11.3 Å². The van der Waals surface area contributed by atoms with Gasteiger partial charge in [-0.3, -0.25) is 4.79 Å². The number of carbonyl (C=O) groups excluding carboxylic acids is 1. The molecule has 0 saturated carbocycles. The van der Waals surface area contributed by atoms with Crippen molar-refractivity contribution in [3.8, 4) is 0 Å². The number of hydrogen-bond donors (Lipinski definition) is 2. The van der Waals surface area contributed by atoms with Gasteiger partial charge >= 0.3 is 0 Å². The molecule has 2 aromatic rings. The Labute approximate surface area is 140 Å². The third kappa shape index (κ3) is 5.16. The molecule has 2 rings (SSSR count). The van der Waals surface area contributed by atoms with E-state index in [0.29, 0.717) is 6.54 Å². The van der Waals surface area contributed by atoms with Crippen LogP contribution in [0.3, 0.4) is 0 Å². The quantitative estimate of drug-likeness (QED) is 0.766. The predicted molar refractivity (Wildman–Crippen MR) is 92.0 cm³/mol. The summed E-state index contributed by atoms with van der Waals surface area (Å²) in [7, 11) is -3.60. The Kier molecular flexibility index (Phi) is 6.32. The molecule has 0 saturated heterocycles. The topological polar surface area (TPSA) is 75.3 Å². The third-order valence-electron chi connectivity index (χ3n) is 3.49. The molecule has 0 spiro atoms. The monoisotopic (exact) mass is 352 g/mol. The van der Waals surface area contributed by atoms with Crippen molar-refractivity contribution in [2.45, 2.75) is 23.5 Å². The summed E-state index contributed by atoms with van der Waals surface area (Å²) in [5, 5.41) is 4.47. The largest absolute Gasteiger partial charge is 0.354 e. The van der Waals surface area contributed by atoms with Crippen LogP contribution < -0.4 is 10.0 Å². The van der Waals surface area contributed by atoms with E-state index in [1.54, 1.807) is 11.4 Å². The summed E-state index contributed by atoms with van der Waals surface area (Å²) >= 11 is 1.12. The first-order chi connectivity index (χ1) is 11.0. The van der Waals surface area contributed by atoms with Gasteiger partial charge in [0.1, 0.15) is 4.21 Å². The molecular weight excluding hydrogens is 332 g/mol. The summed E-state index contributed by atoms with van der Waals surface area (Å²) in [6, 6.07) is 13.1. The fourth-order valence-electron chi connectivity index (χ4n) is 2.17. The van der Waals surface area contributed by atoms with Gasteiger partial charge < -0.3 is 5.32 Å². The van der Waals surface area contributed by atoms with Crippen molar-refractivity contribution in [1.29, 1.82) is 0 Å². The van der Waals surface area contributed by atoms with Gasteiger partial charge in [0.05, 0.1) is 6.54 Å². The minimum absolute atomic E-state index is 0.209. The lowest BCUT2D eigenvalue weighted by Gasteiger charge is -2.16. The maximum atomic E-state index is 11.9. The average Bonchev–Trinajstić information content (AvgIpc) is 3.10. The highest BCUT2D eigenvalue weighted by Gasteiger charge is 2.17. The smallest absolute Gasteiger partial charge is 0.250 e. The molecule has 0 fully saturated rings. The van der Waals surface area contributed by atoms with E-state index in [0.717, 1.165) is 23.3 Å². The average molecular weight is 352 g/mol. The van der Waals surface area contributed by atoms with E-state index < -0.39 is 10.0 Å². The van der Waals surface area contributed by atoms with Crippen LogP contribution in [0.5, 0.6) is 0 Å². The maximum absolute atomic E-state index is 11.9. The highest BCUT2D eigenvalue weighted by Crippen LogP contribution is 2.18. The van der Waals surface area contributed by atoms with E-state index in [2.05, 4.69) is 17.0 Å². The molecule has 0 aliphatic rings. The Morgan fingerprint density at radius 2 is 1.91 bits per heavy atom. The first-order valence-electron chi connectivity index (χ1n) is 7.37. The van der Waals surface area contributed by atoms with Gasteiger partial charge in [-0.05, 0) is 23.4 Å². The van der Waals surface area contributed by atoms with Crippen LogP contribution in [0.15, 0.2) is 52.1 Å². The molecule has 1 aromatic carbocycles. The van der Waals surface area contributed by atoms with Gasteiger partial charge in [0, 0.05) is 12.5 Å².